The number of anilines is 1. The number of ether oxygens (including phenoxy) is 1. The summed E-state index contributed by atoms with van der Waals surface area (Å²) in [5, 5.41) is 3.69. The summed E-state index contributed by atoms with van der Waals surface area (Å²) in [7, 11) is 1.54. The van der Waals surface area contributed by atoms with Crippen LogP contribution in [0.15, 0.2) is 76.7 Å². The molecule has 1 atom stereocenters. The number of benzene rings is 3. The summed E-state index contributed by atoms with van der Waals surface area (Å²) < 4.78 is 6.97. The van der Waals surface area contributed by atoms with E-state index >= 15 is 0 Å². The fraction of sp³-hybridized carbons (Fsp3) is 0.160. The Morgan fingerprint density at radius 3 is 2.61 bits per heavy atom. The van der Waals surface area contributed by atoms with Crippen molar-refractivity contribution in [3.63, 3.8) is 0 Å². The molecule has 0 bridgehead atoms. The van der Waals surface area contributed by atoms with Crippen LogP contribution >= 0.6 is 23.4 Å². The Morgan fingerprint density at radius 2 is 1.85 bits per heavy atom. The molecule has 0 aliphatic carbocycles. The van der Waals surface area contributed by atoms with Crippen LogP contribution < -0.4 is 15.6 Å². The zero-order chi connectivity index (χ0) is 23.5. The van der Waals surface area contributed by atoms with Crippen molar-refractivity contribution < 1.29 is 9.53 Å². The average molecular weight is 480 g/mol. The van der Waals surface area contributed by atoms with E-state index in [9.17, 15) is 9.59 Å². The summed E-state index contributed by atoms with van der Waals surface area (Å²) in [6, 6.07) is 19.7. The molecule has 0 aliphatic heterocycles. The highest BCUT2D eigenvalue weighted by atomic mass is 35.5. The van der Waals surface area contributed by atoms with Gasteiger partial charge in [0.2, 0.25) is 5.91 Å². The number of carbonyl (C=O) groups excluding carboxylic acids is 1. The Labute approximate surface area is 200 Å². The van der Waals surface area contributed by atoms with Gasteiger partial charge < -0.3 is 10.1 Å². The molecule has 3 aromatic carbocycles. The molecule has 8 heteroatoms. The Kier molecular flexibility index (Phi) is 6.72. The third-order valence-corrected chi connectivity index (χ3v) is 6.47. The van der Waals surface area contributed by atoms with E-state index in [0.29, 0.717) is 32.5 Å². The topological polar surface area (TPSA) is 73.2 Å². The van der Waals surface area contributed by atoms with Gasteiger partial charge in [-0.3, -0.25) is 14.2 Å². The Hall–Kier alpha value is -3.29. The van der Waals surface area contributed by atoms with Crippen molar-refractivity contribution in [2.75, 3.05) is 12.4 Å². The summed E-state index contributed by atoms with van der Waals surface area (Å²) in [5.74, 6) is 0.329. The van der Waals surface area contributed by atoms with Gasteiger partial charge in [0.15, 0.2) is 5.16 Å². The lowest BCUT2D eigenvalue weighted by molar-refractivity contribution is -0.115. The number of carbonyl (C=O) groups is 1. The number of methoxy groups -OCH3 is 1. The van der Waals surface area contributed by atoms with E-state index in [1.807, 2.05) is 43.3 Å². The second-order valence-corrected chi connectivity index (χ2v) is 9.18. The van der Waals surface area contributed by atoms with Gasteiger partial charge >= 0.3 is 0 Å². The molecule has 1 aromatic heterocycles. The van der Waals surface area contributed by atoms with Crippen LogP contribution in [0, 0.1) is 6.92 Å². The van der Waals surface area contributed by atoms with Crippen LogP contribution in [0.2, 0.25) is 5.02 Å². The van der Waals surface area contributed by atoms with Crippen LogP contribution in [0.3, 0.4) is 0 Å². The number of aryl methyl sites for hydroxylation is 1. The minimum atomic E-state index is -0.533. The molecule has 33 heavy (non-hydrogen) atoms. The molecule has 1 heterocycles. The fourth-order valence-electron chi connectivity index (χ4n) is 3.40. The zero-order valence-electron chi connectivity index (χ0n) is 18.3. The standard InChI is InChI=1S/C25H22ClN3O3S/c1-15-8-4-5-9-19(15)27-23(30)16(2)33-25-28-20-14-17(26)12-13-18(20)24(31)29(25)21-10-6-7-11-22(21)32-3/h4-14,16H,1-3H3,(H,27,30). The molecule has 0 spiro atoms. The highest BCUT2D eigenvalue weighted by Crippen LogP contribution is 2.30. The summed E-state index contributed by atoms with van der Waals surface area (Å²) in [6.07, 6.45) is 0. The number of thioether (sulfide) groups is 1. The van der Waals surface area contributed by atoms with Gasteiger partial charge in [0.25, 0.3) is 5.56 Å². The molecule has 168 valence electrons. The molecule has 1 amide bonds. The second kappa shape index (κ2) is 9.68. The number of rotatable bonds is 6. The molecule has 1 unspecified atom stereocenters. The van der Waals surface area contributed by atoms with E-state index in [0.717, 1.165) is 11.3 Å². The number of aromatic nitrogens is 2. The van der Waals surface area contributed by atoms with Gasteiger partial charge in [-0.2, -0.15) is 0 Å². The first-order valence-electron chi connectivity index (χ1n) is 10.3. The van der Waals surface area contributed by atoms with Gasteiger partial charge in [-0.15, -0.1) is 0 Å². The number of hydrogen-bond donors (Lipinski definition) is 1. The van der Waals surface area contributed by atoms with Crippen molar-refractivity contribution in [1.29, 1.82) is 0 Å². The highest BCUT2D eigenvalue weighted by molar-refractivity contribution is 8.00. The number of nitrogens with zero attached hydrogens (tertiary/aromatic N) is 2. The minimum Gasteiger partial charge on any atom is -0.495 e. The van der Waals surface area contributed by atoms with E-state index in [1.165, 1.54) is 16.3 Å². The first-order valence-corrected chi connectivity index (χ1v) is 11.5. The number of para-hydroxylation sites is 3. The lowest BCUT2D eigenvalue weighted by atomic mass is 10.2. The molecule has 4 rings (SSSR count). The molecular weight excluding hydrogens is 458 g/mol. The Balaban J connectivity index is 1.79. The van der Waals surface area contributed by atoms with Crippen LogP contribution in [0.4, 0.5) is 5.69 Å². The quantitative estimate of drug-likeness (QED) is 0.293. The summed E-state index contributed by atoms with van der Waals surface area (Å²) in [5.41, 5.74) is 2.45. The number of fused-ring (bicyclic) bond motifs is 1. The monoisotopic (exact) mass is 479 g/mol. The van der Waals surface area contributed by atoms with E-state index in [1.54, 1.807) is 44.4 Å². The van der Waals surface area contributed by atoms with Crippen LogP contribution in [-0.4, -0.2) is 27.8 Å². The second-order valence-electron chi connectivity index (χ2n) is 7.43. The van der Waals surface area contributed by atoms with Gasteiger partial charge in [-0.1, -0.05) is 53.7 Å². The van der Waals surface area contributed by atoms with Gasteiger partial charge in [-0.05, 0) is 55.8 Å². The summed E-state index contributed by atoms with van der Waals surface area (Å²) >= 11 is 7.34. The van der Waals surface area contributed by atoms with Crippen molar-refractivity contribution in [3.8, 4) is 11.4 Å². The predicted octanol–water partition coefficient (Wildman–Crippen LogP) is 5.48. The van der Waals surface area contributed by atoms with Gasteiger partial charge in [-0.25, -0.2) is 4.98 Å². The highest BCUT2D eigenvalue weighted by Gasteiger charge is 2.22. The molecule has 0 aliphatic rings. The molecular formula is C25H22ClN3O3S. The smallest absolute Gasteiger partial charge is 0.266 e. The van der Waals surface area contributed by atoms with Crippen molar-refractivity contribution >= 4 is 45.9 Å². The SMILES string of the molecule is COc1ccccc1-n1c(SC(C)C(=O)Nc2ccccc2C)nc2cc(Cl)ccc2c1=O. The summed E-state index contributed by atoms with van der Waals surface area (Å²) in [6.45, 7) is 3.71. The Morgan fingerprint density at radius 1 is 1.12 bits per heavy atom. The predicted molar refractivity (Wildman–Crippen MR) is 134 cm³/mol. The van der Waals surface area contributed by atoms with Crippen LogP contribution in [0.25, 0.3) is 16.6 Å². The van der Waals surface area contributed by atoms with E-state index in [4.69, 9.17) is 21.3 Å². The lowest BCUT2D eigenvalue weighted by Crippen LogP contribution is -2.26. The molecule has 0 radical (unpaired) electrons. The van der Waals surface area contributed by atoms with Gasteiger partial charge in [0.05, 0.1) is 29.0 Å². The number of amides is 1. The average Bonchev–Trinajstić information content (AvgIpc) is 2.80. The van der Waals surface area contributed by atoms with Gasteiger partial charge in [0, 0.05) is 10.7 Å². The zero-order valence-corrected chi connectivity index (χ0v) is 19.9. The van der Waals surface area contributed by atoms with Crippen molar-refractivity contribution in [1.82, 2.24) is 9.55 Å². The number of halogens is 1. The molecule has 0 fully saturated rings. The van der Waals surface area contributed by atoms with Crippen molar-refractivity contribution in [2.45, 2.75) is 24.3 Å². The lowest BCUT2D eigenvalue weighted by Gasteiger charge is -2.18. The molecule has 0 saturated carbocycles. The first kappa shape index (κ1) is 22.9. The van der Waals surface area contributed by atoms with E-state index in [-0.39, 0.29) is 11.5 Å². The van der Waals surface area contributed by atoms with Crippen LogP contribution in [-0.2, 0) is 4.79 Å². The van der Waals surface area contributed by atoms with E-state index in [2.05, 4.69) is 5.32 Å². The van der Waals surface area contributed by atoms with Gasteiger partial charge in [0.1, 0.15) is 5.75 Å². The number of hydrogen-bond acceptors (Lipinski definition) is 5. The van der Waals surface area contributed by atoms with E-state index < -0.39 is 5.25 Å². The summed E-state index contributed by atoms with van der Waals surface area (Å²) in [4.78, 5) is 31.2. The Bertz CT molecular complexity index is 1400. The normalized spacial score (nSPS) is 11.9. The molecule has 0 saturated heterocycles. The third-order valence-electron chi connectivity index (χ3n) is 5.18. The maximum Gasteiger partial charge on any atom is 0.266 e. The fourth-order valence-corrected chi connectivity index (χ4v) is 4.49. The molecule has 4 aromatic rings. The third kappa shape index (κ3) is 4.74. The molecule has 1 N–H and O–H groups in total. The maximum absolute atomic E-state index is 13.5. The van der Waals surface area contributed by atoms with Crippen LogP contribution in [0.5, 0.6) is 5.75 Å². The van der Waals surface area contributed by atoms with Crippen LogP contribution in [0.1, 0.15) is 12.5 Å². The van der Waals surface area contributed by atoms with Crippen molar-refractivity contribution in [2.24, 2.45) is 0 Å². The largest absolute Gasteiger partial charge is 0.495 e. The van der Waals surface area contributed by atoms with Crippen molar-refractivity contribution in [3.05, 3.63) is 87.7 Å². The molecule has 6 nitrogen and oxygen atoms in total. The maximum atomic E-state index is 13.5. The first-order chi connectivity index (χ1) is 15.9. The minimum absolute atomic E-state index is 0.193. The number of nitrogens with one attached hydrogen (secondary N) is 1.